The number of amides is 1. The summed E-state index contributed by atoms with van der Waals surface area (Å²) in [6.07, 6.45) is 4.20. The van der Waals surface area contributed by atoms with Gasteiger partial charge in [-0.05, 0) is 83.7 Å². The molecule has 186 valence electrons. The Labute approximate surface area is 217 Å². The SMILES string of the molecule is CC(C)(C)c1ccc(C2/C(=C(/O)c3ccc4c(c3)CCCC4)C(=O)C(=O)N2c2ccc(C#N)cc2)cc1. The number of carbonyl (C=O) groups excluding carboxylic acids is 2. The normalized spacial score (nSPS) is 19.0. The van der Waals surface area contributed by atoms with Crippen LogP contribution in [-0.2, 0) is 27.8 Å². The third kappa shape index (κ3) is 4.44. The zero-order valence-electron chi connectivity index (χ0n) is 21.4. The summed E-state index contributed by atoms with van der Waals surface area (Å²) in [6.45, 7) is 6.38. The Balaban J connectivity index is 1.67. The van der Waals surface area contributed by atoms with Gasteiger partial charge in [-0.25, -0.2) is 0 Å². The van der Waals surface area contributed by atoms with E-state index >= 15 is 0 Å². The Morgan fingerprint density at radius 1 is 0.919 bits per heavy atom. The van der Waals surface area contributed by atoms with Crippen molar-refractivity contribution in [3.8, 4) is 6.07 Å². The molecule has 2 aliphatic rings. The van der Waals surface area contributed by atoms with Crippen molar-refractivity contribution >= 4 is 23.1 Å². The van der Waals surface area contributed by atoms with E-state index < -0.39 is 17.7 Å². The van der Waals surface area contributed by atoms with Gasteiger partial charge in [0.05, 0.1) is 23.2 Å². The maximum absolute atomic E-state index is 13.5. The van der Waals surface area contributed by atoms with Gasteiger partial charge in [0.15, 0.2) is 0 Å². The minimum Gasteiger partial charge on any atom is -0.507 e. The number of aliphatic hydroxyl groups excluding tert-OH is 1. The molecular formula is C32H30N2O3. The molecule has 1 heterocycles. The summed E-state index contributed by atoms with van der Waals surface area (Å²) in [5.74, 6) is -1.58. The number of aliphatic hydroxyl groups is 1. The third-order valence-electron chi connectivity index (χ3n) is 7.43. The monoisotopic (exact) mass is 490 g/mol. The fraction of sp³-hybridized carbons (Fsp3) is 0.281. The molecule has 1 amide bonds. The number of fused-ring (bicyclic) bond motifs is 1. The number of anilines is 1. The second-order valence-electron chi connectivity index (χ2n) is 10.9. The van der Waals surface area contributed by atoms with Crippen LogP contribution in [0.3, 0.4) is 0 Å². The number of hydrogen-bond donors (Lipinski definition) is 1. The van der Waals surface area contributed by atoms with E-state index in [4.69, 9.17) is 0 Å². The van der Waals surface area contributed by atoms with E-state index in [1.54, 1.807) is 24.3 Å². The molecule has 5 heteroatoms. The van der Waals surface area contributed by atoms with Gasteiger partial charge in [0.25, 0.3) is 11.7 Å². The summed E-state index contributed by atoms with van der Waals surface area (Å²) in [4.78, 5) is 28.3. The summed E-state index contributed by atoms with van der Waals surface area (Å²) in [5.41, 5.74) is 5.84. The lowest BCUT2D eigenvalue weighted by Gasteiger charge is -2.27. The molecule has 0 bridgehead atoms. The van der Waals surface area contributed by atoms with Crippen molar-refractivity contribution in [2.45, 2.75) is 57.9 Å². The largest absolute Gasteiger partial charge is 0.507 e. The van der Waals surface area contributed by atoms with Gasteiger partial charge in [0, 0.05) is 11.3 Å². The predicted octanol–water partition coefficient (Wildman–Crippen LogP) is 6.36. The first kappa shape index (κ1) is 24.5. The van der Waals surface area contributed by atoms with Crippen molar-refractivity contribution in [3.05, 3.63) is 106 Å². The first-order valence-corrected chi connectivity index (χ1v) is 12.7. The van der Waals surface area contributed by atoms with E-state index in [1.807, 2.05) is 42.5 Å². The molecule has 0 aromatic heterocycles. The molecule has 0 saturated carbocycles. The molecule has 1 fully saturated rings. The van der Waals surface area contributed by atoms with E-state index in [0.29, 0.717) is 16.8 Å². The maximum Gasteiger partial charge on any atom is 0.300 e. The van der Waals surface area contributed by atoms with Crippen molar-refractivity contribution in [1.82, 2.24) is 0 Å². The zero-order chi connectivity index (χ0) is 26.3. The summed E-state index contributed by atoms with van der Waals surface area (Å²) in [7, 11) is 0. The number of hydrogen-bond acceptors (Lipinski definition) is 4. The van der Waals surface area contributed by atoms with Crippen LogP contribution in [0.2, 0.25) is 0 Å². The average Bonchev–Trinajstić information content (AvgIpc) is 3.17. The van der Waals surface area contributed by atoms with Gasteiger partial charge in [0.1, 0.15) is 5.76 Å². The predicted molar refractivity (Wildman–Crippen MR) is 144 cm³/mol. The quantitative estimate of drug-likeness (QED) is 0.263. The van der Waals surface area contributed by atoms with E-state index in [0.717, 1.165) is 36.8 Å². The fourth-order valence-corrected chi connectivity index (χ4v) is 5.31. The van der Waals surface area contributed by atoms with Crippen LogP contribution in [0.25, 0.3) is 5.76 Å². The van der Waals surface area contributed by atoms with Crippen molar-refractivity contribution in [2.24, 2.45) is 0 Å². The molecule has 1 N–H and O–H groups in total. The number of ketones is 1. The molecule has 5 nitrogen and oxygen atoms in total. The van der Waals surface area contributed by atoms with Gasteiger partial charge in [-0.2, -0.15) is 5.26 Å². The molecule has 3 aromatic rings. The molecule has 5 rings (SSSR count). The molecule has 1 aliphatic heterocycles. The molecule has 1 atom stereocenters. The molecule has 3 aromatic carbocycles. The minimum atomic E-state index is -0.794. The highest BCUT2D eigenvalue weighted by Gasteiger charge is 2.47. The van der Waals surface area contributed by atoms with Crippen LogP contribution in [-0.4, -0.2) is 16.8 Å². The second kappa shape index (κ2) is 9.37. The summed E-state index contributed by atoms with van der Waals surface area (Å²) >= 11 is 0. The Bertz CT molecular complexity index is 1450. The maximum atomic E-state index is 13.5. The standard InChI is InChI=1S/C32H30N2O3/c1-32(2,3)25-14-12-22(13-15-25)28-27(29(35)24-11-10-21-6-4-5-7-23(21)18-24)30(36)31(37)34(28)26-16-8-20(19-33)9-17-26/h8-18,28,35H,4-7H2,1-3H3/b29-27-. The fourth-order valence-electron chi connectivity index (χ4n) is 5.31. The number of nitriles is 1. The van der Waals surface area contributed by atoms with Crippen molar-refractivity contribution < 1.29 is 14.7 Å². The van der Waals surface area contributed by atoms with Gasteiger partial charge in [0.2, 0.25) is 0 Å². The smallest absolute Gasteiger partial charge is 0.300 e. The highest BCUT2D eigenvalue weighted by Crippen LogP contribution is 2.43. The van der Waals surface area contributed by atoms with Crippen molar-refractivity contribution in [2.75, 3.05) is 4.90 Å². The summed E-state index contributed by atoms with van der Waals surface area (Å²) in [5, 5.41) is 20.7. The lowest BCUT2D eigenvalue weighted by Crippen LogP contribution is -2.29. The van der Waals surface area contributed by atoms with Crippen LogP contribution in [0.5, 0.6) is 0 Å². The first-order chi connectivity index (χ1) is 17.7. The zero-order valence-corrected chi connectivity index (χ0v) is 21.4. The molecular weight excluding hydrogens is 460 g/mol. The van der Waals surface area contributed by atoms with Gasteiger partial charge in [-0.1, -0.05) is 57.2 Å². The number of carbonyl (C=O) groups is 2. The Morgan fingerprint density at radius 2 is 1.57 bits per heavy atom. The van der Waals surface area contributed by atoms with Crippen LogP contribution in [0.15, 0.2) is 72.3 Å². The molecule has 1 saturated heterocycles. The second-order valence-corrected chi connectivity index (χ2v) is 10.9. The summed E-state index contributed by atoms with van der Waals surface area (Å²) in [6, 6.07) is 21.5. The highest BCUT2D eigenvalue weighted by atomic mass is 16.3. The average molecular weight is 491 g/mol. The van der Waals surface area contributed by atoms with Crippen LogP contribution < -0.4 is 4.90 Å². The van der Waals surface area contributed by atoms with Gasteiger partial charge >= 0.3 is 0 Å². The number of aryl methyl sites for hydroxylation is 2. The van der Waals surface area contributed by atoms with E-state index in [-0.39, 0.29) is 16.7 Å². The molecule has 1 aliphatic carbocycles. The Morgan fingerprint density at radius 3 is 2.19 bits per heavy atom. The van der Waals surface area contributed by atoms with Crippen molar-refractivity contribution in [1.29, 1.82) is 5.26 Å². The van der Waals surface area contributed by atoms with Crippen LogP contribution in [0.4, 0.5) is 5.69 Å². The number of benzene rings is 3. The van der Waals surface area contributed by atoms with Crippen LogP contribution in [0.1, 0.15) is 73.0 Å². The topological polar surface area (TPSA) is 81.4 Å². The molecule has 0 spiro atoms. The minimum absolute atomic E-state index is 0.0589. The number of Topliss-reactive ketones (excluding diaryl/α,β-unsaturated/α-hetero) is 1. The number of nitrogens with zero attached hydrogens (tertiary/aromatic N) is 2. The molecule has 0 radical (unpaired) electrons. The first-order valence-electron chi connectivity index (χ1n) is 12.7. The molecule has 1 unspecified atom stereocenters. The van der Waals surface area contributed by atoms with E-state index in [9.17, 15) is 20.0 Å². The van der Waals surface area contributed by atoms with Gasteiger partial charge < -0.3 is 5.11 Å². The van der Waals surface area contributed by atoms with Crippen LogP contribution >= 0.6 is 0 Å². The summed E-state index contributed by atoms with van der Waals surface area (Å²) < 4.78 is 0. The Hall–Kier alpha value is -4.17. The molecule has 37 heavy (non-hydrogen) atoms. The third-order valence-corrected chi connectivity index (χ3v) is 7.43. The Kier molecular flexibility index (Phi) is 6.21. The highest BCUT2D eigenvalue weighted by molar-refractivity contribution is 6.51. The van der Waals surface area contributed by atoms with E-state index in [1.165, 1.54) is 16.0 Å². The van der Waals surface area contributed by atoms with Gasteiger partial charge in [-0.3, -0.25) is 14.5 Å². The van der Waals surface area contributed by atoms with E-state index in [2.05, 4.69) is 26.8 Å². The van der Waals surface area contributed by atoms with Crippen molar-refractivity contribution in [3.63, 3.8) is 0 Å². The lowest BCUT2D eigenvalue weighted by atomic mass is 9.85. The number of rotatable bonds is 3. The lowest BCUT2D eigenvalue weighted by molar-refractivity contribution is -0.132. The van der Waals surface area contributed by atoms with Crippen LogP contribution in [0, 0.1) is 11.3 Å². The van der Waals surface area contributed by atoms with Gasteiger partial charge in [-0.15, -0.1) is 0 Å².